The minimum absolute atomic E-state index is 0.948. The van der Waals surface area contributed by atoms with Gasteiger partial charge in [-0.15, -0.1) is 6.58 Å². The molecule has 0 atom stereocenters. The molecule has 1 aliphatic rings. The van der Waals surface area contributed by atoms with Gasteiger partial charge in [0, 0.05) is 43.8 Å². The first-order chi connectivity index (χ1) is 9.38. The molecule has 2 heterocycles. The lowest BCUT2D eigenvalue weighted by Gasteiger charge is -2.25. The molecule has 19 heavy (non-hydrogen) atoms. The van der Waals surface area contributed by atoms with E-state index in [9.17, 15) is 0 Å². The first kappa shape index (κ1) is 14.4. The van der Waals surface area contributed by atoms with Gasteiger partial charge >= 0.3 is 0 Å². The van der Waals surface area contributed by atoms with Crippen LogP contribution in [0, 0.1) is 0 Å². The van der Waals surface area contributed by atoms with Crippen molar-refractivity contribution in [2.75, 3.05) is 38.0 Å². The topological polar surface area (TPSA) is 40.2 Å². The summed E-state index contributed by atoms with van der Waals surface area (Å²) in [6, 6.07) is 4.19. The molecule has 1 aromatic heterocycles. The third-order valence-electron chi connectivity index (χ3n) is 2.94. The molecule has 0 saturated carbocycles. The van der Waals surface area contributed by atoms with Gasteiger partial charge in [-0.2, -0.15) is 0 Å². The molecule has 0 unspecified atom stereocenters. The molecule has 4 nitrogen and oxygen atoms in total. The van der Waals surface area contributed by atoms with Crippen LogP contribution in [0.2, 0.25) is 0 Å². The van der Waals surface area contributed by atoms with Gasteiger partial charge in [-0.05, 0) is 36.9 Å². The third-order valence-corrected chi connectivity index (χ3v) is 4.01. The van der Waals surface area contributed by atoms with Crippen LogP contribution in [0.15, 0.2) is 35.9 Å². The monoisotopic (exact) mass is 278 g/mol. The van der Waals surface area contributed by atoms with Crippen LogP contribution in [-0.2, 0) is 0 Å². The summed E-state index contributed by atoms with van der Waals surface area (Å²) in [7, 11) is 0. The Morgan fingerprint density at radius 2 is 2.26 bits per heavy atom. The minimum atomic E-state index is 0.948. The Morgan fingerprint density at radius 1 is 1.42 bits per heavy atom. The SMILES string of the molecule is C=CCCCNc1ccc(SN2CCNCC2)cn1. The van der Waals surface area contributed by atoms with Crippen molar-refractivity contribution < 1.29 is 0 Å². The highest BCUT2D eigenvalue weighted by molar-refractivity contribution is 7.97. The summed E-state index contributed by atoms with van der Waals surface area (Å²) in [6.07, 6.45) is 6.04. The molecule has 1 fully saturated rings. The number of nitrogens with zero attached hydrogens (tertiary/aromatic N) is 2. The molecule has 5 heteroatoms. The van der Waals surface area contributed by atoms with Gasteiger partial charge in [-0.25, -0.2) is 9.29 Å². The zero-order valence-electron chi connectivity index (χ0n) is 11.3. The summed E-state index contributed by atoms with van der Waals surface area (Å²) in [5, 5.41) is 6.67. The lowest BCUT2D eigenvalue weighted by molar-refractivity contribution is 0.396. The van der Waals surface area contributed by atoms with E-state index in [-0.39, 0.29) is 0 Å². The Balaban J connectivity index is 1.75. The van der Waals surface area contributed by atoms with Crippen molar-refractivity contribution in [1.82, 2.24) is 14.6 Å². The van der Waals surface area contributed by atoms with Gasteiger partial charge in [0.2, 0.25) is 0 Å². The van der Waals surface area contributed by atoms with E-state index < -0.39 is 0 Å². The number of allylic oxidation sites excluding steroid dienone is 1. The highest BCUT2D eigenvalue weighted by Gasteiger charge is 2.10. The number of unbranched alkanes of at least 4 members (excludes halogenated alkanes) is 1. The van der Waals surface area contributed by atoms with E-state index in [1.54, 1.807) is 11.9 Å². The Hall–Kier alpha value is -1.04. The summed E-state index contributed by atoms with van der Waals surface area (Å²) in [4.78, 5) is 5.65. The van der Waals surface area contributed by atoms with Crippen LogP contribution in [-0.4, -0.2) is 42.0 Å². The molecule has 0 bridgehead atoms. The van der Waals surface area contributed by atoms with Gasteiger partial charge in [-0.3, -0.25) is 0 Å². The van der Waals surface area contributed by atoms with E-state index in [1.807, 2.05) is 12.3 Å². The number of hydrogen-bond donors (Lipinski definition) is 2. The van der Waals surface area contributed by atoms with Crippen LogP contribution in [0.1, 0.15) is 12.8 Å². The summed E-state index contributed by atoms with van der Waals surface area (Å²) in [5.74, 6) is 0.953. The largest absolute Gasteiger partial charge is 0.370 e. The number of piperazine rings is 1. The van der Waals surface area contributed by atoms with Crippen molar-refractivity contribution in [3.8, 4) is 0 Å². The molecule has 0 amide bonds. The minimum Gasteiger partial charge on any atom is -0.370 e. The quantitative estimate of drug-likeness (QED) is 0.455. The Bertz CT molecular complexity index is 374. The third kappa shape index (κ3) is 5.22. The highest BCUT2D eigenvalue weighted by Crippen LogP contribution is 2.22. The fourth-order valence-corrected chi connectivity index (χ4v) is 2.78. The smallest absolute Gasteiger partial charge is 0.125 e. The lowest BCUT2D eigenvalue weighted by Crippen LogP contribution is -2.39. The maximum atomic E-state index is 4.44. The zero-order chi connectivity index (χ0) is 13.3. The average Bonchev–Trinajstić information content (AvgIpc) is 2.46. The second-order valence-corrected chi connectivity index (χ2v) is 5.68. The standard InChI is InChI=1S/C14H22N4S/c1-2-3-4-7-16-14-6-5-13(12-17-14)19-18-10-8-15-9-11-18/h2,5-6,12,15H,1,3-4,7-11H2,(H,16,17). The molecule has 0 radical (unpaired) electrons. The number of anilines is 1. The number of rotatable bonds is 7. The van der Waals surface area contributed by atoms with Crippen LogP contribution in [0.5, 0.6) is 0 Å². The van der Waals surface area contributed by atoms with Crippen LogP contribution in [0.3, 0.4) is 0 Å². The van der Waals surface area contributed by atoms with Gasteiger partial charge < -0.3 is 10.6 Å². The molecule has 0 spiro atoms. The van der Waals surface area contributed by atoms with Gasteiger partial charge in [-0.1, -0.05) is 6.08 Å². The van der Waals surface area contributed by atoms with E-state index in [2.05, 4.69) is 38.6 Å². The second-order valence-electron chi connectivity index (χ2n) is 4.51. The maximum absolute atomic E-state index is 4.44. The molecule has 1 aliphatic heterocycles. The van der Waals surface area contributed by atoms with E-state index in [0.29, 0.717) is 0 Å². The predicted molar refractivity (Wildman–Crippen MR) is 82.5 cm³/mol. The molecule has 104 valence electrons. The van der Waals surface area contributed by atoms with Crippen LogP contribution in [0.25, 0.3) is 0 Å². The van der Waals surface area contributed by atoms with Crippen molar-refractivity contribution in [3.63, 3.8) is 0 Å². The highest BCUT2D eigenvalue weighted by atomic mass is 32.2. The molecule has 2 N–H and O–H groups in total. The molecule has 2 rings (SSSR count). The van der Waals surface area contributed by atoms with E-state index in [1.165, 1.54) is 4.90 Å². The van der Waals surface area contributed by atoms with Crippen LogP contribution in [0.4, 0.5) is 5.82 Å². The van der Waals surface area contributed by atoms with Crippen molar-refractivity contribution in [2.45, 2.75) is 17.7 Å². The molecule has 1 aromatic rings. The fraction of sp³-hybridized carbons (Fsp3) is 0.500. The van der Waals surface area contributed by atoms with Gasteiger partial charge in [0.25, 0.3) is 0 Å². The van der Waals surface area contributed by atoms with E-state index >= 15 is 0 Å². The number of pyridine rings is 1. The van der Waals surface area contributed by atoms with Gasteiger partial charge in [0.1, 0.15) is 5.82 Å². The molecular formula is C14H22N4S. The Labute approximate surface area is 119 Å². The summed E-state index contributed by atoms with van der Waals surface area (Å²) in [5.41, 5.74) is 0. The van der Waals surface area contributed by atoms with E-state index in [0.717, 1.165) is 51.4 Å². The number of hydrogen-bond acceptors (Lipinski definition) is 5. The zero-order valence-corrected chi connectivity index (χ0v) is 12.1. The Morgan fingerprint density at radius 3 is 2.95 bits per heavy atom. The van der Waals surface area contributed by atoms with Crippen molar-refractivity contribution in [3.05, 3.63) is 31.0 Å². The second kappa shape index (κ2) is 8.19. The molecule has 1 saturated heterocycles. The van der Waals surface area contributed by atoms with Crippen molar-refractivity contribution in [2.24, 2.45) is 0 Å². The normalized spacial score (nSPS) is 16.2. The lowest BCUT2D eigenvalue weighted by atomic mass is 10.3. The predicted octanol–water partition coefficient (Wildman–Crippen LogP) is 2.37. The van der Waals surface area contributed by atoms with Gasteiger partial charge in [0.05, 0.1) is 0 Å². The number of nitrogens with one attached hydrogen (secondary N) is 2. The van der Waals surface area contributed by atoms with Crippen LogP contribution < -0.4 is 10.6 Å². The summed E-state index contributed by atoms with van der Waals surface area (Å²) < 4.78 is 2.38. The molecular weight excluding hydrogens is 256 g/mol. The van der Waals surface area contributed by atoms with Crippen molar-refractivity contribution >= 4 is 17.8 Å². The maximum Gasteiger partial charge on any atom is 0.125 e. The summed E-state index contributed by atoms with van der Waals surface area (Å²) in [6.45, 7) is 8.99. The van der Waals surface area contributed by atoms with Crippen LogP contribution >= 0.6 is 11.9 Å². The molecule has 0 aliphatic carbocycles. The summed E-state index contributed by atoms with van der Waals surface area (Å²) >= 11 is 1.80. The molecule has 0 aromatic carbocycles. The first-order valence-corrected chi connectivity index (χ1v) is 7.60. The van der Waals surface area contributed by atoms with E-state index in [4.69, 9.17) is 0 Å². The number of aromatic nitrogens is 1. The first-order valence-electron chi connectivity index (χ1n) is 6.83. The Kier molecular flexibility index (Phi) is 6.20. The average molecular weight is 278 g/mol. The van der Waals surface area contributed by atoms with Crippen molar-refractivity contribution in [1.29, 1.82) is 0 Å². The fourth-order valence-electron chi connectivity index (χ4n) is 1.89. The van der Waals surface area contributed by atoms with Gasteiger partial charge in [0.15, 0.2) is 0 Å².